The van der Waals surface area contributed by atoms with Gasteiger partial charge in [0, 0.05) is 18.8 Å². The van der Waals surface area contributed by atoms with Crippen LogP contribution >= 0.6 is 0 Å². The third kappa shape index (κ3) is 4.07. The first-order chi connectivity index (χ1) is 17.4. The summed E-state index contributed by atoms with van der Waals surface area (Å²) < 4.78 is 6.99. The van der Waals surface area contributed by atoms with Crippen LogP contribution in [-0.2, 0) is 27.3 Å². The highest BCUT2D eigenvalue weighted by molar-refractivity contribution is 6.35. The first kappa shape index (κ1) is 23.8. The van der Waals surface area contributed by atoms with Crippen LogP contribution in [0.25, 0.3) is 11.3 Å². The Labute approximate surface area is 209 Å². The molecule has 0 saturated carbocycles. The maximum absolute atomic E-state index is 13.9. The SMILES string of the molecule is CCc1[nH]n(-c2cc(C)ccc2C)c(=O)c1C1=C(N2CCOCC2)C(=O)N(Cc2ccccc2)C1=O. The summed E-state index contributed by atoms with van der Waals surface area (Å²) >= 11 is 0. The molecule has 0 unspecified atom stereocenters. The van der Waals surface area contributed by atoms with Gasteiger partial charge in [-0.1, -0.05) is 49.4 Å². The second-order valence-electron chi connectivity index (χ2n) is 9.25. The topological polar surface area (TPSA) is 87.6 Å². The molecule has 2 amide bonds. The van der Waals surface area contributed by atoms with Crippen molar-refractivity contribution in [2.45, 2.75) is 33.7 Å². The lowest BCUT2D eigenvalue weighted by molar-refractivity contribution is -0.138. The van der Waals surface area contributed by atoms with E-state index < -0.39 is 5.91 Å². The second kappa shape index (κ2) is 9.62. The molecule has 8 heteroatoms. The zero-order valence-corrected chi connectivity index (χ0v) is 20.8. The van der Waals surface area contributed by atoms with Gasteiger partial charge in [-0.2, -0.15) is 0 Å². The van der Waals surface area contributed by atoms with Crippen molar-refractivity contribution >= 4 is 17.4 Å². The van der Waals surface area contributed by atoms with Gasteiger partial charge in [0.2, 0.25) is 0 Å². The van der Waals surface area contributed by atoms with Gasteiger partial charge in [0.1, 0.15) is 5.70 Å². The van der Waals surface area contributed by atoms with Crippen LogP contribution in [-0.4, -0.2) is 57.7 Å². The minimum absolute atomic E-state index is 0.146. The molecular formula is C28H30N4O4. The van der Waals surface area contributed by atoms with Crippen molar-refractivity contribution in [1.82, 2.24) is 19.6 Å². The number of aromatic amines is 1. The highest BCUT2D eigenvalue weighted by atomic mass is 16.5. The van der Waals surface area contributed by atoms with Crippen LogP contribution in [0.3, 0.4) is 0 Å². The second-order valence-corrected chi connectivity index (χ2v) is 9.25. The number of morpholine rings is 1. The normalized spacial score (nSPS) is 16.4. The Bertz CT molecular complexity index is 1410. The molecule has 36 heavy (non-hydrogen) atoms. The average Bonchev–Trinajstić information content (AvgIpc) is 3.34. The van der Waals surface area contributed by atoms with Gasteiger partial charge < -0.3 is 9.64 Å². The van der Waals surface area contributed by atoms with Crippen molar-refractivity contribution in [3.63, 3.8) is 0 Å². The lowest BCUT2D eigenvalue weighted by atomic mass is 10.0. The highest BCUT2D eigenvalue weighted by Crippen LogP contribution is 2.33. The van der Waals surface area contributed by atoms with E-state index in [4.69, 9.17) is 4.74 Å². The predicted octanol–water partition coefficient (Wildman–Crippen LogP) is 2.96. The van der Waals surface area contributed by atoms with Gasteiger partial charge in [0.15, 0.2) is 0 Å². The monoisotopic (exact) mass is 486 g/mol. The van der Waals surface area contributed by atoms with Crippen LogP contribution in [0.2, 0.25) is 0 Å². The van der Waals surface area contributed by atoms with E-state index >= 15 is 0 Å². The fraction of sp³-hybridized carbons (Fsp3) is 0.321. The Morgan fingerprint density at radius 1 is 0.944 bits per heavy atom. The molecular weight excluding hydrogens is 456 g/mol. The number of H-pyrrole nitrogens is 1. The number of carbonyl (C=O) groups excluding carboxylic acids is 2. The third-order valence-electron chi connectivity index (χ3n) is 6.83. The van der Waals surface area contributed by atoms with E-state index in [0.29, 0.717) is 38.4 Å². The molecule has 5 rings (SSSR count). The Kier molecular flexibility index (Phi) is 6.36. The summed E-state index contributed by atoms with van der Waals surface area (Å²) in [6.07, 6.45) is 0.502. The van der Waals surface area contributed by atoms with Gasteiger partial charge in [-0.05, 0) is 43.0 Å². The molecule has 0 bridgehead atoms. The Balaban J connectivity index is 1.68. The summed E-state index contributed by atoms with van der Waals surface area (Å²) in [6.45, 7) is 7.86. The molecule has 2 aliphatic rings. The molecule has 1 N–H and O–H groups in total. The fourth-order valence-corrected chi connectivity index (χ4v) is 4.90. The minimum Gasteiger partial charge on any atom is -0.378 e. The molecule has 186 valence electrons. The van der Waals surface area contributed by atoms with E-state index in [0.717, 1.165) is 22.4 Å². The van der Waals surface area contributed by atoms with Crippen molar-refractivity contribution in [3.8, 4) is 5.69 Å². The Morgan fingerprint density at radius 3 is 2.36 bits per heavy atom. The van der Waals surface area contributed by atoms with Gasteiger partial charge in [-0.15, -0.1) is 0 Å². The number of benzene rings is 2. The lowest BCUT2D eigenvalue weighted by Gasteiger charge is -2.29. The van der Waals surface area contributed by atoms with E-state index in [1.807, 2.05) is 74.2 Å². The number of nitrogens with zero attached hydrogens (tertiary/aromatic N) is 3. The highest BCUT2D eigenvalue weighted by Gasteiger charge is 2.44. The van der Waals surface area contributed by atoms with Crippen molar-refractivity contribution in [2.75, 3.05) is 26.3 Å². The molecule has 1 fully saturated rings. The number of rotatable bonds is 6. The summed E-state index contributed by atoms with van der Waals surface area (Å²) in [6, 6.07) is 15.3. The molecule has 0 atom stereocenters. The molecule has 2 aromatic carbocycles. The number of amides is 2. The number of hydrogen-bond acceptors (Lipinski definition) is 5. The van der Waals surface area contributed by atoms with Crippen LogP contribution < -0.4 is 5.56 Å². The number of nitrogens with one attached hydrogen (secondary N) is 1. The molecule has 3 heterocycles. The average molecular weight is 487 g/mol. The van der Waals surface area contributed by atoms with E-state index in [1.165, 1.54) is 9.58 Å². The van der Waals surface area contributed by atoms with E-state index in [2.05, 4.69) is 5.10 Å². The summed E-state index contributed by atoms with van der Waals surface area (Å²) in [5.41, 5.74) is 4.57. The Hall–Kier alpha value is -3.91. The molecule has 1 saturated heterocycles. The first-order valence-electron chi connectivity index (χ1n) is 12.3. The quantitative estimate of drug-likeness (QED) is 0.542. The maximum atomic E-state index is 13.9. The van der Waals surface area contributed by atoms with Crippen molar-refractivity contribution < 1.29 is 14.3 Å². The number of aryl methyl sites for hydroxylation is 3. The number of hydrogen-bond donors (Lipinski definition) is 1. The minimum atomic E-state index is -0.441. The summed E-state index contributed by atoms with van der Waals surface area (Å²) in [4.78, 5) is 44.7. The largest absolute Gasteiger partial charge is 0.378 e. The van der Waals surface area contributed by atoms with Gasteiger partial charge in [-0.25, -0.2) is 4.68 Å². The van der Waals surface area contributed by atoms with Gasteiger partial charge >= 0.3 is 0 Å². The predicted molar refractivity (Wildman–Crippen MR) is 137 cm³/mol. The zero-order valence-electron chi connectivity index (χ0n) is 20.8. The molecule has 0 spiro atoms. The standard InChI is InChI=1S/C28H30N4O4/c1-4-21-23(27(34)32(29-21)22-16-18(2)10-11-19(22)3)24-25(30-12-14-36-15-13-30)28(35)31(26(24)33)17-20-8-6-5-7-9-20/h5-11,16,29H,4,12-15,17H2,1-3H3. The number of aromatic nitrogens is 2. The number of ether oxygens (including phenoxy) is 1. The van der Waals surface area contributed by atoms with Gasteiger partial charge in [-0.3, -0.25) is 24.4 Å². The number of imide groups is 1. The molecule has 0 aliphatic carbocycles. The lowest BCUT2D eigenvalue weighted by Crippen LogP contribution is -2.40. The fourth-order valence-electron chi connectivity index (χ4n) is 4.90. The van der Waals surface area contributed by atoms with Gasteiger partial charge in [0.25, 0.3) is 17.4 Å². The van der Waals surface area contributed by atoms with Crippen LogP contribution in [0.1, 0.15) is 34.9 Å². The molecule has 1 aromatic heterocycles. The number of carbonyl (C=O) groups is 2. The maximum Gasteiger partial charge on any atom is 0.279 e. The Morgan fingerprint density at radius 2 is 1.67 bits per heavy atom. The van der Waals surface area contributed by atoms with E-state index in [9.17, 15) is 14.4 Å². The smallest absolute Gasteiger partial charge is 0.279 e. The summed E-state index contributed by atoms with van der Waals surface area (Å²) in [5, 5.41) is 3.23. The third-order valence-corrected chi connectivity index (χ3v) is 6.83. The van der Waals surface area contributed by atoms with Crippen LogP contribution in [0.5, 0.6) is 0 Å². The van der Waals surface area contributed by atoms with Crippen LogP contribution in [0.15, 0.2) is 59.0 Å². The van der Waals surface area contributed by atoms with Crippen LogP contribution in [0.4, 0.5) is 0 Å². The molecule has 0 radical (unpaired) electrons. The van der Waals surface area contributed by atoms with Crippen molar-refractivity contribution in [2.24, 2.45) is 0 Å². The van der Waals surface area contributed by atoms with Crippen LogP contribution in [0, 0.1) is 13.8 Å². The molecule has 2 aliphatic heterocycles. The van der Waals surface area contributed by atoms with Gasteiger partial charge in [0.05, 0.1) is 36.6 Å². The summed E-state index contributed by atoms with van der Waals surface area (Å²) in [5.74, 6) is -0.814. The first-order valence-corrected chi connectivity index (χ1v) is 12.3. The molecule has 8 nitrogen and oxygen atoms in total. The zero-order chi connectivity index (χ0) is 25.4. The molecule has 3 aromatic rings. The summed E-state index contributed by atoms with van der Waals surface area (Å²) in [7, 11) is 0. The van der Waals surface area contributed by atoms with E-state index in [1.54, 1.807) is 0 Å². The van der Waals surface area contributed by atoms with E-state index in [-0.39, 0.29) is 34.8 Å². The van der Waals surface area contributed by atoms with Crippen molar-refractivity contribution in [1.29, 1.82) is 0 Å². The van der Waals surface area contributed by atoms with Crippen molar-refractivity contribution in [3.05, 3.63) is 92.5 Å².